The largest absolute Gasteiger partial charge is 0.308 e. The molecule has 1 saturated carbocycles. The van der Waals surface area contributed by atoms with Gasteiger partial charge in [-0.2, -0.15) is 0 Å². The first-order valence-corrected chi connectivity index (χ1v) is 7.52. The van der Waals surface area contributed by atoms with Crippen molar-refractivity contribution in [1.82, 2.24) is 9.71 Å². The van der Waals surface area contributed by atoms with Crippen molar-refractivity contribution in [2.45, 2.75) is 30.6 Å². The normalized spacial score (nSPS) is 15.6. The summed E-state index contributed by atoms with van der Waals surface area (Å²) >= 11 is 0. The Hall–Kier alpha value is -1.18. The molecule has 7 heteroatoms. The van der Waals surface area contributed by atoms with Crippen LogP contribution in [0.3, 0.4) is 0 Å². The van der Waals surface area contributed by atoms with Gasteiger partial charge in [-0.25, -0.2) is 24.0 Å². The summed E-state index contributed by atoms with van der Waals surface area (Å²) in [5.74, 6) is 6.35. The van der Waals surface area contributed by atoms with Crippen LogP contribution in [0.2, 0.25) is 0 Å². The molecule has 4 N–H and O–H groups in total. The second kappa shape index (κ2) is 5.64. The number of hydrazine groups is 1. The fourth-order valence-corrected chi connectivity index (χ4v) is 2.83. The summed E-state index contributed by atoms with van der Waals surface area (Å²) in [5, 5.41) is 0. The van der Waals surface area contributed by atoms with E-state index in [0.29, 0.717) is 12.4 Å². The summed E-state index contributed by atoms with van der Waals surface area (Å²) in [6, 6.07) is 2.85. The van der Waals surface area contributed by atoms with Gasteiger partial charge in [0.1, 0.15) is 5.82 Å². The van der Waals surface area contributed by atoms with Gasteiger partial charge in [0.15, 0.2) is 0 Å². The van der Waals surface area contributed by atoms with Gasteiger partial charge in [0.2, 0.25) is 10.0 Å². The second-order valence-electron chi connectivity index (χ2n) is 4.50. The molecule has 0 saturated heterocycles. The molecule has 1 aliphatic carbocycles. The summed E-state index contributed by atoms with van der Waals surface area (Å²) in [6.07, 6.45) is 5.99. The SMILES string of the molecule is NNc1cc(S(=O)(=O)NCCCC2CC2)ccn1. The van der Waals surface area contributed by atoms with Crippen molar-refractivity contribution in [3.05, 3.63) is 18.3 Å². The number of hydrogen-bond donors (Lipinski definition) is 3. The van der Waals surface area contributed by atoms with Gasteiger partial charge >= 0.3 is 0 Å². The van der Waals surface area contributed by atoms with Gasteiger partial charge in [0.25, 0.3) is 0 Å². The molecule has 1 aromatic heterocycles. The van der Waals surface area contributed by atoms with Gasteiger partial charge < -0.3 is 5.43 Å². The van der Waals surface area contributed by atoms with Crippen molar-refractivity contribution in [2.75, 3.05) is 12.0 Å². The van der Waals surface area contributed by atoms with Gasteiger partial charge in [-0.3, -0.25) is 0 Å². The summed E-state index contributed by atoms with van der Waals surface area (Å²) in [6.45, 7) is 0.479. The van der Waals surface area contributed by atoms with E-state index in [2.05, 4.69) is 15.1 Å². The molecular weight excluding hydrogens is 252 g/mol. The lowest BCUT2D eigenvalue weighted by Crippen LogP contribution is -2.25. The minimum atomic E-state index is -3.46. The van der Waals surface area contributed by atoms with Crippen molar-refractivity contribution in [2.24, 2.45) is 11.8 Å². The summed E-state index contributed by atoms with van der Waals surface area (Å²) in [7, 11) is -3.46. The minimum absolute atomic E-state index is 0.178. The highest BCUT2D eigenvalue weighted by molar-refractivity contribution is 7.89. The zero-order chi connectivity index (χ0) is 13.0. The quantitative estimate of drug-likeness (QED) is 0.387. The van der Waals surface area contributed by atoms with E-state index >= 15 is 0 Å². The van der Waals surface area contributed by atoms with Crippen molar-refractivity contribution >= 4 is 15.8 Å². The third kappa shape index (κ3) is 3.66. The van der Waals surface area contributed by atoms with Gasteiger partial charge in [-0.15, -0.1) is 0 Å². The van der Waals surface area contributed by atoms with Crippen LogP contribution in [0.5, 0.6) is 0 Å². The van der Waals surface area contributed by atoms with E-state index in [1.807, 2.05) is 0 Å². The monoisotopic (exact) mass is 270 g/mol. The van der Waals surface area contributed by atoms with E-state index in [4.69, 9.17) is 5.84 Å². The Balaban J connectivity index is 1.91. The summed E-state index contributed by atoms with van der Waals surface area (Å²) < 4.78 is 26.5. The van der Waals surface area contributed by atoms with Crippen LogP contribution in [0.15, 0.2) is 23.2 Å². The van der Waals surface area contributed by atoms with Crippen LogP contribution in [0.1, 0.15) is 25.7 Å². The van der Waals surface area contributed by atoms with Crippen LogP contribution < -0.4 is 16.0 Å². The maximum atomic E-state index is 12.0. The Bertz CT molecular complexity index is 500. The highest BCUT2D eigenvalue weighted by Gasteiger charge is 2.21. The highest BCUT2D eigenvalue weighted by atomic mass is 32.2. The Morgan fingerprint density at radius 2 is 2.22 bits per heavy atom. The molecule has 1 aliphatic rings. The molecule has 0 radical (unpaired) electrons. The Labute approximate surface area is 107 Å². The topological polar surface area (TPSA) is 97.1 Å². The Morgan fingerprint density at radius 1 is 1.44 bits per heavy atom. The molecular formula is C11H18N4O2S. The van der Waals surface area contributed by atoms with Crippen molar-refractivity contribution < 1.29 is 8.42 Å². The molecule has 0 aromatic carbocycles. The first-order valence-electron chi connectivity index (χ1n) is 6.04. The summed E-state index contributed by atoms with van der Waals surface area (Å²) in [5.41, 5.74) is 2.33. The number of sulfonamides is 1. The van der Waals surface area contributed by atoms with E-state index < -0.39 is 10.0 Å². The molecule has 0 atom stereocenters. The van der Waals surface area contributed by atoms with Crippen LogP contribution in [-0.4, -0.2) is 19.9 Å². The number of pyridine rings is 1. The first-order chi connectivity index (χ1) is 8.62. The van der Waals surface area contributed by atoms with Crippen LogP contribution >= 0.6 is 0 Å². The first kappa shape index (κ1) is 13.3. The molecule has 0 spiro atoms. The van der Waals surface area contributed by atoms with E-state index in [1.165, 1.54) is 31.2 Å². The van der Waals surface area contributed by atoms with Crippen molar-refractivity contribution in [3.8, 4) is 0 Å². The second-order valence-corrected chi connectivity index (χ2v) is 6.27. The number of anilines is 1. The smallest absolute Gasteiger partial charge is 0.240 e. The lowest BCUT2D eigenvalue weighted by atomic mass is 10.2. The molecule has 2 rings (SSSR count). The molecule has 6 nitrogen and oxygen atoms in total. The number of nitrogens with one attached hydrogen (secondary N) is 2. The lowest BCUT2D eigenvalue weighted by molar-refractivity contribution is 0.572. The zero-order valence-corrected chi connectivity index (χ0v) is 10.9. The van der Waals surface area contributed by atoms with Crippen LogP contribution in [0.25, 0.3) is 0 Å². The van der Waals surface area contributed by atoms with E-state index in [-0.39, 0.29) is 4.90 Å². The molecule has 0 bridgehead atoms. The van der Waals surface area contributed by atoms with Gasteiger partial charge in [0, 0.05) is 18.8 Å². The van der Waals surface area contributed by atoms with Crippen LogP contribution in [-0.2, 0) is 10.0 Å². The fraction of sp³-hybridized carbons (Fsp3) is 0.545. The molecule has 100 valence electrons. The predicted molar refractivity (Wildman–Crippen MR) is 69.2 cm³/mol. The van der Waals surface area contributed by atoms with E-state index in [9.17, 15) is 8.42 Å². The predicted octanol–water partition coefficient (Wildman–Crippen LogP) is 0.836. The summed E-state index contributed by atoms with van der Waals surface area (Å²) in [4.78, 5) is 4.05. The van der Waals surface area contributed by atoms with E-state index in [1.54, 1.807) is 0 Å². The van der Waals surface area contributed by atoms with Gasteiger partial charge in [-0.05, 0) is 24.8 Å². The lowest BCUT2D eigenvalue weighted by Gasteiger charge is -2.07. The average Bonchev–Trinajstić information content (AvgIpc) is 3.19. The number of aromatic nitrogens is 1. The molecule has 1 fully saturated rings. The van der Waals surface area contributed by atoms with Gasteiger partial charge in [-0.1, -0.05) is 12.8 Å². The number of hydrogen-bond acceptors (Lipinski definition) is 5. The number of nitrogens with two attached hydrogens (primary N) is 1. The standard InChI is InChI=1S/C11H18N4O2S/c12-15-11-8-10(5-7-13-11)18(16,17)14-6-1-2-9-3-4-9/h5,7-9,14H,1-4,6,12H2,(H,13,15). The molecule has 0 aliphatic heterocycles. The Kier molecular flexibility index (Phi) is 4.15. The molecule has 0 amide bonds. The fourth-order valence-electron chi connectivity index (χ4n) is 1.74. The minimum Gasteiger partial charge on any atom is -0.308 e. The van der Waals surface area contributed by atoms with Crippen molar-refractivity contribution in [1.29, 1.82) is 0 Å². The van der Waals surface area contributed by atoms with Crippen LogP contribution in [0, 0.1) is 5.92 Å². The third-order valence-corrected chi connectivity index (χ3v) is 4.43. The molecule has 0 unspecified atom stereocenters. The molecule has 18 heavy (non-hydrogen) atoms. The maximum absolute atomic E-state index is 12.0. The molecule has 1 aromatic rings. The highest BCUT2D eigenvalue weighted by Crippen LogP contribution is 2.33. The van der Waals surface area contributed by atoms with Gasteiger partial charge in [0.05, 0.1) is 4.90 Å². The maximum Gasteiger partial charge on any atom is 0.240 e. The Morgan fingerprint density at radius 3 is 2.89 bits per heavy atom. The average molecular weight is 270 g/mol. The van der Waals surface area contributed by atoms with Crippen molar-refractivity contribution in [3.63, 3.8) is 0 Å². The number of nitrogen functional groups attached to an aromatic ring is 1. The molecule has 1 heterocycles. The van der Waals surface area contributed by atoms with Crippen LogP contribution in [0.4, 0.5) is 5.82 Å². The zero-order valence-electron chi connectivity index (χ0n) is 10.1. The number of rotatable bonds is 7. The van der Waals surface area contributed by atoms with E-state index in [0.717, 1.165) is 18.8 Å². The number of nitrogens with zero attached hydrogens (tertiary/aromatic N) is 1. The third-order valence-electron chi connectivity index (χ3n) is 2.97.